The first kappa shape index (κ1) is 27.2. The fourth-order valence-electron chi connectivity index (χ4n) is 3.43. The minimum absolute atomic E-state index is 0.119. The summed E-state index contributed by atoms with van der Waals surface area (Å²) in [6.45, 7) is 3.88. The third-order valence-corrected chi connectivity index (χ3v) is 6.93. The van der Waals surface area contributed by atoms with Gasteiger partial charge in [0.2, 0.25) is 5.91 Å². The lowest BCUT2D eigenvalue weighted by molar-refractivity contribution is -0.142. The number of anilines is 1. The van der Waals surface area contributed by atoms with Crippen LogP contribution in [0.3, 0.4) is 0 Å². The largest absolute Gasteiger partial charge is 0.435 e. The van der Waals surface area contributed by atoms with Crippen LogP contribution in [0.15, 0.2) is 41.8 Å². The molecule has 0 saturated carbocycles. The van der Waals surface area contributed by atoms with Gasteiger partial charge in [0.05, 0.1) is 6.04 Å². The van der Waals surface area contributed by atoms with E-state index in [0.717, 1.165) is 16.3 Å². The molecule has 0 aliphatic rings. The topological polar surface area (TPSA) is 74.6 Å². The standard InChI is InChI=1S/C24H29F3N6O2S/c1-16-13-20(24(25,26)27)29-33(16)14-21(34)30(3)11-12-31(4)23-28-19(15-36-23)22(35)32(5)17(2)18-9-7-6-8-10-18/h6-10,13,15,17H,11-12,14H2,1-5H3/t17-/m1/s1. The molecule has 194 valence electrons. The number of aryl methyl sites for hydroxylation is 1. The Labute approximate surface area is 211 Å². The average molecular weight is 523 g/mol. The quantitative estimate of drug-likeness (QED) is 0.423. The lowest BCUT2D eigenvalue weighted by atomic mass is 10.1. The van der Waals surface area contributed by atoms with Crippen molar-refractivity contribution in [2.75, 3.05) is 39.1 Å². The maximum Gasteiger partial charge on any atom is 0.435 e. The molecule has 36 heavy (non-hydrogen) atoms. The first-order valence-corrected chi connectivity index (χ1v) is 12.1. The van der Waals surface area contributed by atoms with Crippen LogP contribution in [0.4, 0.5) is 18.3 Å². The SMILES string of the molecule is Cc1cc(C(F)(F)F)nn1CC(=O)N(C)CCN(C)c1nc(C(=O)N(C)[C@H](C)c2ccccc2)cs1. The number of thiazole rings is 1. The van der Waals surface area contributed by atoms with Gasteiger partial charge in [0.1, 0.15) is 12.2 Å². The summed E-state index contributed by atoms with van der Waals surface area (Å²) < 4.78 is 39.6. The minimum Gasteiger partial charge on any atom is -0.349 e. The normalized spacial score (nSPS) is 12.3. The average Bonchev–Trinajstić information content (AvgIpc) is 3.48. The molecule has 1 atom stereocenters. The van der Waals surface area contributed by atoms with E-state index in [4.69, 9.17) is 0 Å². The highest BCUT2D eigenvalue weighted by Gasteiger charge is 2.34. The highest BCUT2D eigenvalue weighted by molar-refractivity contribution is 7.13. The van der Waals surface area contributed by atoms with Gasteiger partial charge in [-0.3, -0.25) is 14.3 Å². The van der Waals surface area contributed by atoms with Crippen molar-refractivity contribution >= 4 is 28.3 Å². The van der Waals surface area contributed by atoms with E-state index in [-0.39, 0.29) is 30.1 Å². The smallest absolute Gasteiger partial charge is 0.349 e. The molecular formula is C24H29F3N6O2S. The Kier molecular flexibility index (Phi) is 8.39. The second-order valence-corrected chi connectivity index (χ2v) is 9.42. The molecule has 12 heteroatoms. The van der Waals surface area contributed by atoms with Gasteiger partial charge in [-0.1, -0.05) is 30.3 Å². The van der Waals surface area contributed by atoms with Crippen molar-refractivity contribution in [1.29, 1.82) is 0 Å². The molecule has 1 aromatic carbocycles. The van der Waals surface area contributed by atoms with Gasteiger partial charge in [-0.05, 0) is 25.5 Å². The molecule has 0 fully saturated rings. The first-order chi connectivity index (χ1) is 16.9. The summed E-state index contributed by atoms with van der Waals surface area (Å²) in [6.07, 6.45) is -4.56. The van der Waals surface area contributed by atoms with Crippen LogP contribution in [0.5, 0.6) is 0 Å². The van der Waals surface area contributed by atoms with Crippen LogP contribution < -0.4 is 4.90 Å². The summed E-state index contributed by atoms with van der Waals surface area (Å²) in [5.74, 6) is -0.558. The van der Waals surface area contributed by atoms with Crippen LogP contribution in [0.1, 0.15) is 40.4 Å². The highest BCUT2D eigenvalue weighted by Crippen LogP contribution is 2.28. The van der Waals surface area contributed by atoms with Crippen LogP contribution in [0.2, 0.25) is 0 Å². The molecule has 0 aliphatic heterocycles. The van der Waals surface area contributed by atoms with E-state index in [1.165, 1.54) is 23.2 Å². The number of nitrogens with zero attached hydrogens (tertiary/aromatic N) is 6. The van der Waals surface area contributed by atoms with Crippen LogP contribution in [-0.4, -0.2) is 70.6 Å². The van der Waals surface area contributed by atoms with Crippen molar-refractivity contribution in [2.45, 2.75) is 32.6 Å². The molecule has 3 aromatic rings. The number of amides is 2. The maximum absolute atomic E-state index is 12.9. The van der Waals surface area contributed by atoms with Gasteiger partial charge in [-0.15, -0.1) is 11.3 Å². The number of carbonyl (C=O) groups excluding carboxylic acids is 2. The Morgan fingerprint density at radius 3 is 2.39 bits per heavy atom. The molecule has 3 rings (SSSR count). The molecular weight excluding hydrogens is 493 g/mol. The number of carbonyl (C=O) groups is 2. The van der Waals surface area contributed by atoms with E-state index >= 15 is 0 Å². The number of hydrogen-bond donors (Lipinski definition) is 0. The Bertz CT molecular complexity index is 1190. The summed E-state index contributed by atoms with van der Waals surface area (Å²) in [4.78, 5) is 34.8. The number of likely N-dealkylation sites (N-methyl/N-ethyl adjacent to an activating group) is 2. The van der Waals surface area contributed by atoms with Gasteiger partial charge in [-0.2, -0.15) is 18.3 Å². The Balaban J connectivity index is 1.55. The lowest BCUT2D eigenvalue weighted by Gasteiger charge is -2.24. The number of alkyl halides is 3. The van der Waals surface area contributed by atoms with E-state index in [2.05, 4.69) is 10.1 Å². The maximum atomic E-state index is 12.9. The zero-order chi connectivity index (χ0) is 26.6. The zero-order valence-corrected chi connectivity index (χ0v) is 21.6. The van der Waals surface area contributed by atoms with Gasteiger partial charge in [0, 0.05) is 45.3 Å². The molecule has 0 radical (unpaired) electrons. The fraction of sp³-hybridized carbons (Fsp3) is 0.417. The predicted molar refractivity (Wildman–Crippen MR) is 132 cm³/mol. The molecule has 0 bridgehead atoms. The van der Waals surface area contributed by atoms with Crippen LogP contribution in [-0.2, 0) is 17.5 Å². The first-order valence-electron chi connectivity index (χ1n) is 11.2. The fourth-order valence-corrected chi connectivity index (χ4v) is 4.22. The third kappa shape index (κ3) is 6.42. The monoisotopic (exact) mass is 522 g/mol. The molecule has 0 spiro atoms. The van der Waals surface area contributed by atoms with Gasteiger partial charge < -0.3 is 14.7 Å². The van der Waals surface area contributed by atoms with Crippen LogP contribution in [0, 0.1) is 6.92 Å². The van der Waals surface area contributed by atoms with E-state index in [0.29, 0.717) is 23.9 Å². The molecule has 0 aliphatic carbocycles. The molecule has 2 heterocycles. The third-order valence-electron chi connectivity index (χ3n) is 5.97. The van der Waals surface area contributed by atoms with Crippen molar-refractivity contribution < 1.29 is 22.8 Å². The second kappa shape index (κ2) is 11.1. The molecule has 0 unspecified atom stereocenters. The molecule has 0 saturated heterocycles. The number of hydrogen-bond acceptors (Lipinski definition) is 6. The molecule has 2 aromatic heterocycles. The van der Waals surface area contributed by atoms with Gasteiger partial charge >= 0.3 is 6.18 Å². The van der Waals surface area contributed by atoms with E-state index in [1.54, 1.807) is 31.4 Å². The second-order valence-electron chi connectivity index (χ2n) is 8.58. The Morgan fingerprint density at radius 1 is 1.11 bits per heavy atom. The lowest BCUT2D eigenvalue weighted by Crippen LogP contribution is -2.37. The number of halogens is 3. The number of aromatic nitrogens is 3. The van der Waals surface area contributed by atoms with Crippen molar-refractivity contribution in [1.82, 2.24) is 24.6 Å². The summed E-state index contributed by atoms with van der Waals surface area (Å²) in [7, 11) is 5.12. The molecule has 8 nitrogen and oxygen atoms in total. The number of rotatable bonds is 9. The highest BCUT2D eigenvalue weighted by atomic mass is 32.1. The minimum atomic E-state index is -4.56. The van der Waals surface area contributed by atoms with Crippen molar-refractivity contribution in [3.8, 4) is 0 Å². The van der Waals surface area contributed by atoms with Gasteiger partial charge in [-0.25, -0.2) is 4.98 Å². The van der Waals surface area contributed by atoms with Crippen molar-refractivity contribution in [3.63, 3.8) is 0 Å². The molecule has 2 amide bonds. The van der Waals surface area contributed by atoms with E-state index in [1.807, 2.05) is 42.2 Å². The van der Waals surface area contributed by atoms with Crippen LogP contribution in [0.25, 0.3) is 0 Å². The van der Waals surface area contributed by atoms with Gasteiger partial charge in [0.15, 0.2) is 10.8 Å². The Morgan fingerprint density at radius 2 is 1.78 bits per heavy atom. The predicted octanol–water partition coefficient (Wildman–Crippen LogP) is 4.09. The summed E-state index contributed by atoms with van der Waals surface area (Å²) in [5, 5.41) is 5.83. The Hall–Kier alpha value is -3.41. The zero-order valence-electron chi connectivity index (χ0n) is 20.8. The van der Waals surface area contributed by atoms with Crippen molar-refractivity contribution in [2.24, 2.45) is 0 Å². The summed E-state index contributed by atoms with van der Waals surface area (Å²) in [6, 6.07) is 10.5. The summed E-state index contributed by atoms with van der Waals surface area (Å²) in [5.41, 5.74) is 0.598. The summed E-state index contributed by atoms with van der Waals surface area (Å²) >= 11 is 1.32. The van der Waals surface area contributed by atoms with Gasteiger partial charge in [0.25, 0.3) is 5.91 Å². The van der Waals surface area contributed by atoms with Crippen molar-refractivity contribution in [3.05, 3.63) is 64.4 Å². The van der Waals surface area contributed by atoms with Crippen LogP contribution >= 0.6 is 11.3 Å². The number of benzene rings is 1. The van der Waals surface area contributed by atoms with E-state index < -0.39 is 11.9 Å². The molecule has 0 N–H and O–H groups in total. The van der Waals surface area contributed by atoms with E-state index in [9.17, 15) is 22.8 Å².